The topological polar surface area (TPSA) is 59.0 Å². The number of nitrogens with zero attached hydrogens (tertiary/aromatic N) is 2. The van der Waals surface area contributed by atoms with Crippen LogP contribution >= 0.6 is 12.4 Å². The predicted octanol–water partition coefficient (Wildman–Crippen LogP) is 3.37. The SMILES string of the molecule is CC(C)n1ncc2ccc(NC(=O)C3CC34CCNCC4)cc21.Cl. The average molecular weight is 349 g/mol. The van der Waals surface area contributed by atoms with Gasteiger partial charge < -0.3 is 10.6 Å². The van der Waals surface area contributed by atoms with Gasteiger partial charge in [0.1, 0.15) is 0 Å². The molecule has 6 heteroatoms. The molecule has 1 aromatic heterocycles. The zero-order valence-corrected chi connectivity index (χ0v) is 15.0. The highest BCUT2D eigenvalue weighted by Crippen LogP contribution is 2.58. The molecule has 0 radical (unpaired) electrons. The molecule has 1 atom stereocenters. The zero-order chi connectivity index (χ0) is 16.0. The van der Waals surface area contributed by atoms with Crippen LogP contribution in [0.4, 0.5) is 5.69 Å². The molecule has 5 nitrogen and oxygen atoms in total. The van der Waals surface area contributed by atoms with Gasteiger partial charge in [0.05, 0.1) is 11.7 Å². The molecule has 1 aromatic carbocycles. The quantitative estimate of drug-likeness (QED) is 0.894. The molecule has 2 heterocycles. The van der Waals surface area contributed by atoms with Gasteiger partial charge in [-0.25, -0.2) is 0 Å². The molecule has 1 aliphatic heterocycles. The van der Waals surface area contributed by atoms with Crippen molar-refractivity contribution >= 4 is 34.9 Å². The lowest BCUT2D eigenvalue weighted by Gasteiger charge is -2.23. The molecular formula is C18H25ClN4O. The third-order valence-corrected chi connectivity index (χ3v) is 5.46. The van der Waals surface area contributed by atoms with Crippen LogP contribution in [0.2, 0.25) is 0 Å². The Hall–Kier alpha value is -1.59. The summed E-state index contributed by atoms with van der Waals surface area (Å²) in [5.74, 6) is 0.372. The lowest BCUT2D eigenvalue weighted by atomic mass is 9.92. The van der Waals surface area contributed by atoms with Crippen LogP contribution < -0.4 is 10.6 Å². The second kappa shape index (κ2) is 6.37. The van der Waals surface area contributed by atoms with E-state index < -0.39 is 0 Å². The number of hydrogen-bond donors (Lipinski definition) is 2. The first-order chi connectivity index (χ1) is 11.1. The lowest BCUT2D eigenvalue weighted by molar-refractivity contribution is -0.118. The molecule has 1 aliphatic carbocycles. The third kappa shape index (κ3) is 2.91. The monoisotopic (exact) mass is 348 g/mol. The summed E-state index contributed by atoms with van der Waals surface area (Å²) in [6.45, 7) is 6.32. The summed E-state index contributed by atoms with van der Waals surface area (Å²) in [5, 5.41) is 12.0. The van der Waals surface area contributed by atoms with Gasteiger partial charge in [0.2, 0.25) is 5.91 Å². The minimum absolute atomic E-state index is 0. The van der Waals surface area contributed by atoms with Crippen molar-refractivity contribution in [2.75, 3.05) is 18.4 Å². The number of piperidine rings is 1. The maximum Gasteiger partial charge on any atom is 0.228 e. The molecule has 2 aliphatic rings. The highest BCUT2D eigenvalue weighted by molar-refractivity contribution is 5.97. The van der Waals surface area contributed by atoms with E-state index in [0.29, 0.717) is 6.04 Å². The van der Waals surface area contributed by atoms with Crippen LogP contribution in [-0.2, 0) is 4.79 Å². The summed E-state index contributed by atoms with van der Waals surface area (Å²) < 4.78 is 2.00. The van der Waals surface area contributed by atoms with E-state index in [9.17, 15) is 4.79 Å². The molecule has 0 bridgehead atoms. The first kappa shape index (κ1) is 17.2. The lowest BCUT2D eigenvalue weighted by Crippen LogP contribution is -2.31. The summed E-state index contributed by atoms with van der Waals surface area (Å²) in [4.78, 5) is 12.6. The Morgan fingerprint density at radius 2 is 2.12 bits per heavy atom. The number of rotatable bonds is 3. The molecular weight excluding hydrogens is 324 g/mol. The fourth-order valence-corrected chi connectivity index (χ4v) is 3.95. The third-order valence-electron chi connectivity index (χ3n) is 5.46. The van der Waals surface area contributed by atoms with Gasteiger partial charge >= 0.3 is 0 Å². The number of carbonyl (C=O) groups is 1. The predicted molar refractivity (Wildman–Crippen MR) is 98.6 cm³/mol. The molecule has 1 saturated heterocycles. The molecule has 24 heavy (non-hydrogen) atoms. The van der Waals surface area contributed by atoms with E-state index in [1.807, 2.05) is 29.1 Å². The Morgan fingerprint density at radius 1 is 1.38 bits per heavy atom. The molecule has 1 spiro atoms. The van der Waals surface area contributed by atoms with Crippen LogP contribution in [0.3, 0.4) is 0 Å². The van der Waals surface area contributed by atoms with Gasteiger partial charge in [-0.1, -0.05) is 0 Å². The Kier molecular flexibility index (Phi) is 4.58. The first-order valence-corrected chi connectivity index (χ1v) is 8.58. The van der Waals surface area contributed by atoms with Gasteiger partial charge in [0, 0.05) is 23.0 Å². The molecule has 1 amide bonds. The second-order valence-electron chi connectivity index (χ2n) is 7.31. The van der Waals surface area contributed by atoms with Crippen molar-refractivity contribution in [3.8, 4) is 0 Å². The fraction of sp³-hybridized carbons (Fsp3) is 0.556. The van der Waals surface area contributed by atoms with E-state index in [-0.39, 0.29) is 29.6 Å². The van der Waals surface area contributed by atoms with Crippen molar-refractivity contribution in [3.05, 3.63) is 24.4 Å². The highest BCUT2D eigenvalue weighted by Gasteiger charge is 2.57. The largest absolute Gasteiger partial charge is 0.326 e. The Morgan fingerprint density at radius 3 is 2.83 bits per heavy atom. The van der Waals surface area contributed by atoms with Crippen LogP contribution in [0.25, 0.3) is 10.9 Å². The first-order valence-electron chi connectivity index (χ1n) is 8.58. The highest BCUT2D eigenvalue weighted by atomic mass is 35.5. The van der Waals surface area contributed by atoms with Crippen LogP contribution in [0.5, 0.6) is 0 Å². The average Bonchev–Trinajstić information content (AvgIpc) is 3.05. The van der Waals surface area contributed by atoms with Gasteiger partial charge in [-0.3, -0.25) is 9.48 Å². The van der Waals surface area contributed by atoms with E-state index in [2.05, 4.69) is 29.6 Å². The molecule has 1 saturated carbocycles. The molecule has 2 aromatic rings. The van der Waals surface area contributed by atoms with Crippen LogP contribution in [0, 0.1) is 11.3 Å². The molecule has 2 N–H and O–H groups in total. The number of aromatic nitrogens is 2. The number of fused-ring (bicyclic) bond motifs is 1. The minimum Gasteiger partial charge on any atom is -0.326 e. The smallest absolute Gasteiger partial charge is 0.228 e. The fourth-order valence-electron chi connectivity index (χ4n) is 3.95. The Bertz CT molecular complexity index is 749. The molecule has 130 valence electrons. The van der Waals surface area contributed by atoms with E-state index >= 15 is 0 Å². The summed E-state index contributed by atoms with van der Waals surface area (Å²) in [7, 11) is 0. The molecule has 4 rings (SSSR count). The summed E-state index contributed by atoms with van der Waals surface area (Å²) in [6.07, 6.45) is 5.19. The summed E-state index contributed by atoms with van der Waals surface area (Å²) >= 11 is 0. The van der Waals surface area contributed by atoms with Gasteiger partial charge in [-0.05, 0) is 69.8 Å². The van der Waals surface area contributed by atoms with E-state index in [4.69, 9.17) is 0 Å². The van der Waals surface area contributed by atoms with Gasteiger partial charge in [0.15, 0.2) is 0 Å². The minimum atomic E-state index is 0. The zero-order valence-electron chi connectivity index (χ0n) is 14.2. The van der Waals surface area contributed by atoms with Crippen molar-refractivity contribution in [1.29, 1.82) is 0 Å². The van der Waals surface area contributed by atoms with Crippen LogP contribution in [-0.4, -0.2) is 28.8 Å². The van der Waals surface area contributed by atoms with E-state index in [1.165, 1.54) is 0 Å². The number of anilines is 1. The van der Waals surface area contributed by atoms with Crippen molar-refractivity contribution in [3.63, 3.8) is 0 Å². The molecule has 2 fully saturated rings. The van der Waals surface area contributed by atoms with Crippen molar-refractivity contribution in [2.45, 2.75) is 39.2 Å². The summed E-state index contributed by atoms with van der Waals surface area (Å²) in [6, 6.07) is 6.35. The normalized spacial score (nSPS) is 21.7. The van der Waals surface area contributed by atoms with Crippen LogP contribution in [0.15, 0.2) is 24.4 Å². The number of nitrogens with one attached hydrogen (secondary N) is 2. The number of carbonyl (C=O) groups excluding carboxylic acids is 1. The second-order valence-corrected chi connectivity index (χ2v) is 7.31. The van der Waals surface area contributed by atoms with E-state index in [1.54, 1.807) is 0 Å². The van der Waals surface area contributed by atoms with Crippen molar-refractivity contribution in [2.24, 2.45) is 11.3 Å². The van der Waals surface area contributed by atoms with Crippen molar-refractivity contribution < 1.29 is 4.79 Å². The van der Waals surface area contributed by atoms with Crippen molar-refractivity contribution in [1.82, 2.24) is 15.1 Å². The maximum absolute atomic E-state index is 12.6. The van der Waals surface area contributed by atoms with Gasteiger partial charge in [-0.2, -0.15) is 5.10 Å². The maximum atomic E-state index is 12.6. The van der Waals surface area contributed by atoms with Gasteiger partial charge in [-0.15, -0.1) is 12.4 Å². The van der Waals surface area contributed by atoms with Crippen LogP contribution in [0.1, 0.15) is 39.2 Å². The molecule has 1 unspecified atom stereocenters. The summed E-state index contributed by atoms with van der Waals surface area (Å²) in [5.41, 5.74) is 2.23. The Balaban J connectivity index is 0.00000169. The Labute approximate surface area is 148 Å². The van der Waals surface area contributed by atoms with Gasteiger partial charge in [0.25, 0.3) is 0 Å². The number of benzene rings is 1. The number of halogens is 1. The number of amides is 1. The standard InChI is InChI=1S/C18H24N4O.ClH/c1-12(2)22-16-9-14(4-3-13(16)11-20-22)21-17(23)15-10-18(15)5-7-19-8-6-18;/h3-4,9,11-12,15,19H,5-8,10H2,1-2H3,(H,21,23);1H. The van der Waals surface area contributed by atoms with E-state index in [0.717, 1.165) is 48.9 Å². The number of hydrogen-bond acceptors (Lipinski definition) is 3.